The van der Waals surface area contributed by atoms with E-state index in [2.05, 4.69) is 25.4 Å². The molecule has 0 bridgehead atoms. The third kappa shape index (κ3) is 12.2. The van der Waals surface area contributed by atoms with Gasteiger partial charge < -0.3 is 33.5 Å². The molecule has 8 atom stereocenters. The molecule has 1 aliphatic heterocycles. The summed E-state index contributed by atoms with van der Waals surface area (Å²) < 4.78 is 54.3. The maximum atomic E-state index is 14.5. The first-order valence-corrected chi connectivity index (χ1v) is 19.0. The number of pyridine rings is 1. The van der Waals surface area contributed by atoms with Gasteiger partial charge in [0.25, 0.3) is 0 Å². The Labute approximate surface area is 321 Å². The van der Waals surface area contributed by atoms with Gasteiger partial charge in [0.2, 0.25) is 12.2 Å². The molecule has 0 radical (unpaired) electrons. The highest BCUT2D eigenvalue weighted by Crippen LogP contribution is 2.46. The molecule has 19 nitrogen and oxygen atoms in total. The number of amides is 1. The minimum Gasteiger partial charge on any atom is -0.460 e. The molecule has 2 N–H and O–H groups in total. The summed E-state index contributed by atoms with van der Waals surface area (Å²) in [7, 11) is -4.59. The Morgan fingerprint density at radius 2 is 1.66 bits per heavy atom. The van der Waals surface area contributed by atoms with Crippen molar-refractivity contribution in [3.63, 3.8) is 0 Å². The van der Waals surface area contributed by atoms with E-state index < -0.39 is 93.3 Å². The normalized spacial score (nSPS) is 21.2. The van der Waals surface area contributed by atoms with Gasteiger partial charge in [-0.25, -0.2) is 4.57 Å². The van der Waals surface area contributed by atoms with Crippen molar-refractivity contribution in [1.82, 2.24) is 15.4 Å². The van der Waals surface area contributed by atoms with Gasteiger partial charge in [-0.2, -0.15) is 5.09 Å². The van der Waals surface area contributed by atoms with Crippen LogP contribution in [0.5, 0.6) is 5.75 Å². The summed E-state index contributed by atoms with van der Waals surface area (Å²) in [5.74, 6) is -4.79. The van der Waals surface area contributed by atoms with Crippen LogP contribution in [0.3, 0.4) is 0 Å². The number of carbonyl (C=O) groups is 5. The fourth-order valence-corrected chi connectivity index (χ4v) is 6.92. The molecule has 1 aliphatic rings. The van der Waals surface area contributed by atoms with E-state index in [1.165, 1.54) is 19.1 Å². The molecule has 0 aliphatic carbocycles. The second kappa shape index (κ2) is 20.4. The Morgan fingerprint density at radius 3 is 2.34 bits per heavy atom. The van der Waals surface area contributed by atoms with Gasteiger partial charge in [0.15, 0.2) is 12.2 Å². The number of para-hydroxylation sites is 1. The van der Waals surface area contributed by atoms with Crippen LogP contribution >= 0.6 is 7.75 Å². The number of carbonyl (C=O) groups excluding carboxylic acids is 5. The van der Waals surface area contributed by atoms with E-state index in [0.29, 0.717) is 17.5 Å². The van der Waals surface area contributed by atoms with Gasteiger partial charge in [0.05, 0.1) is 18.0 Å². The van der Waals surface area contributed by atoms with Crippen molar-refractivity contribution in [3.8, 4) is 5.75 Å². The van der Waals surface area contributed by atoms with Crippen LogP contribution in [0.1, 0.15) is 46.6 Å². The van der Waals surface area contributed by atoms with Crippen molar-refractivity contribution >= 4 is 48.4 Å². The van der Waals surface area contributed by atoms with Crippen molar-refractivity contribution < 1.29 is 61.3 Å². The highest BCUT2D eigenvalue weighted by molar-refractivity contribution is 7.52. The van der Waals surface area contributed by atoms with E-state index in [9.17, 15) is 28.5 Å². The molecule has 3 aromatic rings. The quantitative estimate of drug-likeness (QED) is 0.0451. The molecule has 1 fully saturated rings. The maximum Gasteiger partial charge on any atom is 0.459 e. The van der Waals surface area contributed by atoms with Gasteiger partial charge in [-0.3, -0.25) is 33.5 Å². The number of nitrogens with zero attached hydrogens (tertiary/aromatic N) is 4. The summed E-state index contributed by atoms with van der Waals surface area (Å²) >= 11 is 0. The smallest absolute Gasteiger partial charge is 0.459 e. The van der Waals surface area contributed by atoms with E-state index >= 15 is 0 Å². The van der Waals surface area contributed by atoms with Crippen molar-refractivity contribution in [2.75, 3.05) is 13.2 Å². The SMILES string of the molecule is CCC(C)C(=O)OC1O[C@H](COP(=O)(N[C@@H](C)C(=O)OCc2cccc3ncccc23)Oc2ccccc2)[C@@H](OC(C)=O)[C@H](OC(C)=O)[C@@H]1NC(=O)CN=[N+]=[N-]. The first-order valence-electron chi connectivity index (χ1n) is 17.5. The number of hydrogen-bond acceptors (Lipinski definition) is 15. The molecule has 1 aromatic heterocycles. The van der Waals surface area contributed by atoms with Gasteiger partial charge in [-0.15, -0.1) is 0 Å². The molecule has 4 rings (SSSR count). The van der Waals surface area contributed by atoms with Gasteiger partial charge in [-0.1, -0.05) is 55.4 Å². The average Bonchev–Trinajstić information content (AvgIpc) is 3.17. The predicted octanol–water partition coefficient (Wildman–Crippen LogP) is 4.43. The minimum atomic E-state index is -4.59. The number of ether oxygens (including phenoxy) is 5. The van der Waals surface area contributed by atoms with E-state index in [1.54, 1.807) is 56.4 Å². The first kappa shape index (κ1) is 43.2. The first-order chi connectivity index (χ1) is 26.7. The van der Waals surface area contributed by atoms with Crippen LogP contribution in [0, 0.1) is 5.92 Å². The van der Waals surface area contributed by atoms with Crippen LogP contribution in [0.25, 0.3) is 21.3 Å². The number of hydrogen-bond donors (Lipinski definition) is 2. The second-order valence-corrected chi connectivity index (χ2v) is 14.3. The third-order valence-corrected chi connectivity index (χ3v) is 9.94. The summed E-state index contributed by atoms with van der Waals surface area (Å²) in [5.41, 5.74) is 10.1. The number of esters is 4. The molecule has 56 heavy (non-hydrogen) atoms. The molecule has 3 unspecified atom stereocenters. The Kier molecular flexibility index (Phi) is 15.7. The molecule has 20 heteroatoms. The summed E-state index contributed by atoms with van der Waals surface area (Å²) in [5, 5.41) is 9.02. The second-order valence-electron chi connectivity index (χ2n) is 12.6. The third-order valence-electron chi connectivity index (χ3n) is 8.29. The van der Waals surface area contributed by atoms with Gasteiger partial charge in [0.1, 0.15) is 37.1 Å². The lowest BCUT2D eigenvalue weighted by atomic mass is 9.96. The lowest BCUT2D eigenvalue weighted by molar-refractivity contribution is -0.270. The molecular formula is C36H43N6O13P. The Hall–Kier alpha value is -5.58. The van der Waals surface area contributed by atoms with Gasteiger partial charge in [0, 0.05) is 30.3 Å². The summed E-state index contributed by atoms with van der Waals surface area (Å²) in [4.78, 5) is 70.7. The fourth-order valence-electron chi connectivity index (χ4n) is 5.42. The molecule has 2 aromatic carbocycles. The van der Waals surface area contributed by atoms with E-state index in [-0.39, 0.29) is 12.4 Å². The monoisotopic (exact) mass is 798 g/mol. The number of rotatable bonds is 18. The molecule has 1 amide bonds. The predicted molar refractivity (Wildman–Crippen MR) is 196 cm³/mol. The van der Waals surface area contributed by atoms with E-state index in [1.807, 2.05) is 12.1 Å². The Bertz CT molecular complexity index is 1960. The van der Waals surface area contributed by atoms with Gasteiger partial charge >= 0.3 is 31.6 Å². The standard InChI is InChI=1S/C36H43N6O13P/c1-6-21(2)34(46)54-36-31(40-30(45)18-39-42-37)33(52-24(5)44)32(51-23(4)43)29(53-36)20-50-56(48,55-26-13-8-7-9-14-26)41-22(3)35(47)49-19-25-12-10-16-28-27(25)15-11-17-38-28/h7-17,21-22,29,31-33,36H,6,18-20H2,1-5H3,(H,40,45)(H,41,48)/t21?,22-,29+,31-,32+,33+,36?,56?/m0/s1. The van der Waals surface area contributed by atoms with Crippen LogP contribution in [0.2, 0.25) is 0 Å². The summed E-state index contributed by atoms with van der Waals surface area (Å²) in [6, 6.07) is 14.0. The molecule has 1 saturated heterocycles. The maximum absolute atomic E-state index is 14.5. The summed E-state index contributed by atoms with van der Waals surface area (Å²) in [6.45, 7) is 5.22. The van der Waals surface area contributed by atoms with E-state index in [4.69, 9.17) is 38.3 Å². The molecule has 300 valence electrons. The zero-order valence-electron chi connectivity index (χ0n) is 31.3. The Balaban J connectivity index is 1.63. The lowest BCUT2D eigenvalue weighted by Gasteiger charge is -2.45. The topological polar surface area (TPSA) is 253 Å². The highest BCUT2D eigenvalue weighted by Gasteiger charge is 2.53. The minimum absolute atomic E-state index is 0.0780. The molecular weight excluding hydrogens is 755 g/mol. The number of nitrogens with one attached hydrogen (secondary N) is 2. The van der Waals surface area contributed by atoms with Crippen molar-refractivity contribution in [2.45, 2.75) is 84.3 Å². The molecule has 0 spiro atoms. The van der Waals surface area contributed by atoms with Crippen molar-refractivity contribution in [1.29, 1.82) is 0 Å². The van der Waals surface area contributed by atoms with Crippen LogP contribution in [-0.2, 0) is 63.4 Å². The van der Waals surface area contributed by atoms with E-state index in [0.717, 1.165) is 19.2 Å². The number of aromatic nitrogens is 1. The largest absolute Gasteiger partial charge is 0.460 e. The summed E-state index contributed by atoms with van der Waals surface area (Å²) in [6.07, 6.45) is -4.40. The highest BCUT2D eigenvalue weighted by atomic mass is 31.2. The zero-order valence-corrected chi connectivity index (χ0v) is 32.2. The average molecular weight is 799 g/mol. The van der Waals surface area contributed by atoms with Crippen molar-refractivity contribution in [3.05, 3.63) is 82.9 Å². The molecule has 2 heterocycles. The van der Waals surface area contributed by atoms with Gasteiger partial charge in [-0.05, 0) is 48.7 Å². The number of azide groups is 1. The van der Waals surface area contributed by atoms with Crippen LogP contribution in [0.15, 0.2) is 72.0 Å². The molecule has 0 saturated carbocycles. The Morgan fingerprint density at radius 1 is 0.946 bits per heavy atom. The van der Waals surface area contributed by atoms with Crippen molar-refractivity contribution in [2.24, 2.45) is 11.0 Å². The van der Waals surface area contributed by atoms with Crippen LogP contribution in [-0.4, -0.2) is 84.6 Å². The van der Waals surface area contributed by atoms with Crippen LogP contribution in [0.4, 0.5) is 0 Å². The lowest BCUT2D eigenvalue weighted by Crippen LogP contribution is -2.67. The number of benzene rings is 2. The van der Waals surface area contributed by atoms with Crippen LogP contribution < -0.4 is 14.9 Å². The number of fused-ring (bicyclic) bond motifs is 1. The zero-order chi connectivity index (χ0) is 40.8. The fraction of sp³-hybridized carbons (Fsp3) is 0.444.